The van der Waals surface area contributed by atoms with Gasteiger partial charge in [-0.05, 0) is 88.0 Å². The smallest absolute Gasteiger partial charge is 0.291 e. The summed E-state index contributed by atoms with van der Waals surface area (Å²) in [6.07, 6.45) is 6.10. The van der Waals surface area contributed by atoms with Gasteiger partial charge in [-0.25, -0.2) is 0 Å². The van der Waals surface area contributed by atoms with Gasteiger partial charge in [-0.3, -0.25) is 9.59 Å². The summed E-state index contributed by atoms with van der Waals surface area (Å²) in [4.78, 5) is 27.2. The number of nitrogens with zero attached hydrogens (tertiary/aromatic N) is 1. The second kappa shape index (κ2) is 10.3. The Balaban J connectivity index is 1.43. The molecule has 156 valence electrons. The van der Waals surface area contributed by atoms with Gasteiger partial charge in [0.15, 0.2) is 5.76 Å². The molecule has 3 rings (SSSR count). The highest BCUT2D eigenvalue weighted by molar-refractivity contribution is 6.03. The first-order valence-corrected chi connectivity index (χ1v) is 10.5. The maximum atomic E-state index is 12.5. The number of likely N-dealkylation sites (tertiary alicyclic amines) is 1. The summed E-state index contributed by atoms with van der Waals surface area (Å²) in [5.41, 5.74) is 2.03. The number of hydrogen-bond acceptors (Lipinski definition) is 4. The molecule has 2 heterocycles. The molecule has 0 bridgehead atoms. The van der Waals surface area contributed by atoms with Crippen LogP contribution in [0.4, 0.5) is 5.69 Å². The number of anilines is 1. The molecule has 0 aliphatic carbocycles. The number of carbonyl (C=O) groups excluding carboxylic acids is 2. The fourth-order valence-electron chi connectivity index (χ4n) is 3.54. The van der Waals surface area contributed by atoms with Gasteiger partial charge in [0.2, 0.25) is 0 Å². The first kappa shape index (κ1) is 21.1. The standard InChI is InChI=1S/C23H31N3O3/c1-17-9-13-26(14-10-17)12-4-3-11-24-22(27)19-8-7-18(2)20(16-19)25-23(28)21-6-5-15-29-21/h5-8,15-17H,3-4,9-14H2,1-2H3,(H,24,27)(H,25,28). The van der Waals surface area contributed by atoms with Crippen molar-refractivity contribution in [3.8, 4) is 0 Å². The number of benzene rings is 1. The fourth-order valence-corrected chi connectivity index (χ4v) is 3.54. The number of unbranched alkanes of at least 4 members (excludes halogenated alkanes) is 1. The number of carbonyl (C=O) groups is 2. The molecule has 1 aliphatic rings. The molecule has 0 saturated carbocycles. The SMILES string of the molecule is Cc1ccc(C(=O)NCCCCN2CCC(C)CC2)cc1NC(=O)c1ccco1. The lowest BCUT2D eigenvalue weighted by Gasteiger charge is -2.30. The largest absolute Gasteiger partial charge is 0.459 e. The van der Waals surface area contributed by atoms with E-state index in [-0.39, 0.29) is 17.6 Å². The molecule has 0 atom stereocenters. The number of rotatable bonds is 8. The van der Waals surface area contributed by atoms with E-state index < -0.39 is 0 Å². The summed E-state index contributed by atoms with van der Waals surface area (Å²) in [5, 5.41) is 5.79. The molecular weight excluding hydrogens is 366 g/mol. The number of aryl methyl sites for hydroxylation is 1. The highest BCUT2D eigenvalue weighted by atomic mass is 16.3. The zero-order valence-corrected chi connectivity index (χ0v) is 17.4. The highest BCUT2D eigenvalue weighted by Gasteiger charge is 2.15. The van der Waals surface area contributed by atoms with Gasteiger partial charge in [-0.2, -0.15) is 0 Å². The van der Waals surface area contributed by atoms with Crippen LogP contribution in [-0.4, -0.2) is 42.9 Å². The minimum atomic E-state index is -0.331. The minimum absolute atomic E-state index is 0.120. The highest BCUT2D eigenvalue weighted by Crippen LogP contribution is 2.19. The van der Waals surface area contributed by atoms with Crippen molar-refractivity contribution >= 4 is 17.5 Å². The molecule has 1 aromatic carbocycles. The van der Waals surface area contributed by atoms with Gasteiger partial charge in [0.1, 0.15) is 0 Å². The Morgan fingerprint density at radius 1 is 1.14 bits per heavy atom. The van der Waals surface area contributed by atoms with Crippen molar-refractivity contribution in [2.75, 3.05) is 31.5 Å². The molecule has 0 spiro atoms. The Hall–Kier alpha value is -2.60. The van der Waals surface area contributed by atoms with Crippen LogP contribution in [0, 0.1) is 12.8 Å². The van der Waals surface area contributed by atoms with Crippen LogP contribution in [0.15, 0.2) is 41.0 Å². The number of furan rings is 1. The van der Waals surface area contributed by atoms with Crippen LogP contribution in [0.5, 0.6) is 0 Å². The lowest BCUT2D eigenvalue weighted by molar-refractivity contribution is 0.0950. The minimum Gasteiger partial charge on any atom is -0.459 e. The van der Waals surface area contributed by atoms with Crippen LogP contribution in [0.25, 0.3) is 0 Å². The van der Waals surface area contributed by atoms with Crippen molar-refractivity contribution in [1.29, 1.82) is 0 Å². The Morgan fingerprint density at radius 3 is 2.66 bits per heavy atom. The lowest BCUT2D eigenvalue weighted by atomic mass is 9.99. The Kier molecular flexibility index (Phi) is 7.47. The third kappa shape index (κ3) is 6.19. The van der Waals surface area contributed by atoms with E-state index in [2.05, 4.69) is 22.5 Å². The first-order chi connectivity index (χ1) is 14.0. The molecule has 2 N–H and O–H groups in total. The molecule has 0 radical (unpaired) electrons. The second-order valence-corrected chi connectivity index (χ2v) is 7.95. The average molecular weight is 398 g/mol. The summed E-state index contributed by atoms with van der Waals surface area (Å²) in [6, 6.07) is 8.59. The van der Waals surface area contributed by atoms with E-state index in [0.29, 0.717) is 17.8 Å². The van der Waals surface area contributed by atoms with E-state index in [1.165, 1.54) is 32.2 Å². The van der Waals surface area contributed by atoms with E-state index >= 15 is 0 Å². The lowest BCUT2D eigenvalue weighted by Crippen LogP contribution is -2.34. The molecule has 0 unspecified atom stereocenters. The van der Waals surface area contributed by atoms with Crippen molar-refractivity contribution in [1.82, 2.24) is 10.2 Å². The summed E-state index contributed by atoms with van der Waals surface area (Å²) >= 11 is 0. The number of amides is 2. The molecular formula is C23H31N3O3. The topological polar surface area (TPSA) is 74.6 Å². The van der Waals surface area contributed by atoms with E-state index in [4.69, 9.17) is 4.42 Å². The van der Waals surface area contributed by atoms with Crippen LogP contribution >= 0.6 is 0 Å². The van der Waals surface area contributed by atoms with Gasteiger partial charge in [-0.15, -0.1) is 0 Å². The zero-order chi connectivity index (χ0) is 20.6. The molecule has 6 nitrogen and oxygen atoms in total. The summed E-state index contributed by atoms with van der Waals surface area (Å²) in [5.74, 6) is 0.643. The third-order valence-electron chi connectivity index (χ3n) is 5.56. The second-order valence-electron chi connectivity index (χ2n) is 7.95. The zero-order valence-electron chi connectivity index (χ0n) is 17.4. The number of piperidine rings is 1. The molecule has 1 fully saturated rings. The van der Waals surface area contributed by atoms with Crippen molar-refractivity contribution in [3.63, 3.8) is 0 Å². The van der Waals surface area contributed by atoms with Gasteiger partial charge in [0.05, 0.1) is 6.26 Å². The predicted molar refractivity (Wildman–Crippen MR) is 114 cm³/mol. The van der Waals surface area contributed by atoms with Gasteiger partial charge in [0.25, 0.3) is 11.8 Å². The average Bonchev–Trinajstić information content (AvgIpc) is 3.25. The first-order valence-electron chi connectivity index (χ1n) is 10.5. The quantitative estimate of drug-likeness (QED) is 0.658. The number of hydrogen-bond donors (Lipinski definition) is 2. The Labute approximate surface area is 172 Å². The molecule has 1 aromatic heterocycles. The van der Waals surface area contributed by atoms with Gasteiger partial charge >= 0.3 is 0 Å². The Bertz CT molecular complexity index is 809. The number of nitrogens with one attached hydrogen (secondary N) is 2. The van der Waals surface area contributed by atoms with E-state index in [9.17, 15) is 9.59 Å². The maximum absolute atomic E-state index is 12.5. The van der Waals surface area contributed by atoms with Gasteiger partial charge in [0, 0.05) is 17.8 Å². The monoisotopic (exact) mass is 397 g/mol. The van der Waals surface area contributed by atoms with Gasteiger partial charge in [-0.1, -0.05) is 13.0 Å². The fraction of sp³-hybridized carbons (Fsp3) is 0.478. The van der Waals surface area contributed by atoms with E-state index in [1.807, 2.05) is 13.0 Å². The van der Waals surface area contributed by atoms with Crippen molar-refractivity contribution < 1.29 is 14.0 Å². The van der Waals surface area contributed by atoms with Crippen LogP contribution < -0.4 is 10.6 Å². The molecule has 1 aliphatic heterocycles. The van der Waals surface area contributed by atoms with Crippen LogP contribution in [0.1, 0.15) is 59.1 Å². The molecule has 1 saturated heterocycles. The predicted octanol–water partition coefficient (Wildman–Crippen LogP) is 4.08. The van der Waals surface area contributed by atoms with Crippen LogP contribution in [-0.2, 0) is 0 Å². The van der Waals surface area contributed by atoms with Crippen LogP contribution in [0.2, 0.25) is 0 Å². The van der Waals surface area contributed by atoms with Crippen LogP contribution in [0.3, 0.4) is 0 Å². The molecule has 2 aromatic rings. The maximum Gasteiger partial charge on any atom is 0.291 e. The molecule has 29 heavy (non-hydrogen) atoms. The Morgan fingerprint density at radius 2 is 1.93 bits per heavy atom. The van der Waals surface area contributed by atoms with Crippen molar-refractivity contribution in [3.05, 3.63) is 53.5 Å². The van der Waals surface area contributed by atoms with E-state index in [0.717, 1.165) is 30.9 Å². The summed E-state index contributed by atoms with van der Waals surface area (Å²) in [6.45, 7) is 8.38. The van der Waals surface area contributed by atoms with Crippen molar-refractivity contribution in [2.45, 2.75) is 39.5 Å². The summed E-state index contributed by atoms with van der Waals surface area (Å²) in [7, 11) is 0. The summed E-state index contributed by atoms with van der Waals surface area (Å²) < 4.78 is 5.12. The molecule has 2 amide bonds. The van der Waals surface area contributed by atoms with Crippen molar-refractivity contribution in [2.24, 2.45) is 5.92 Å². The third-order valence-corrected chi connectivity index (χ3v) is 5.56. The van der Waals surface area contributed by atoms with E-state index in [1.54, 1.807) is 24.3 Å². The van der Waals surface area contributed by atoms with Gasteiger partial charge < -0.3 is 20.0 Å². The normalized spacial score (nSPS) is 15.2. The molecule has 6 heteroatoms.